The lowest BCUT2D eigenvalue weighted by Gasteiger charge is -2.19. The Morgan fingerprint density at radius 3 is 2.89 bits per heavy atom. The van der Waals surface area contributed by atoms with Gasteiger partial charge in [0.05, 0.1) is 5.25 Å². The molecule has 1 saturated carbocycles. The van der Waals surface area contributed by atoms with Gasteiger partial charge in [-0.1, -0.05) is 12.8 Å². The van der Waals surface area contributed by atoms with E-state index in [-0.39, 0.29) is 11.2 Å². The number of aromatic nitrogens is 3. The van der Waals surface area contributed by atoms with Crippen LogP contribution in [0.3, 0.4) is 0 Å². The van der Waals surface area contributed by atoms with Crippen LogP contribution in [-0.4, -0.2) is 43.6 Å². The van der Waals surface area contributed by atoms with Gasteiger partial charge in [-0.2, -0.15) is 16.7 Å². The summed E-state index contributed by atoms with van der Waals surface area (Å²) in [6.45, 7) is 0. The number of rotatable bonds is 3. The third-order valence-corrected chi connectivity index (χ3v) is 6.34. The van der Waals surface area contributed by atoms with Crippen molar-refractivity contribution in [1.29, 1.82) is 0 Å². The van der Waals surface area contributed by atoms with E-state index in [2.05, 4.69) is 20.5 Å². The molecule has 0 radical (unpaired) electrons. The summed E-state index contributed by atoms with van der Waals surface area (Å²) < 4.78 is 0. The summed E-state index contributed by atoms with van der Waals surface area (Å²) in [5.74, 6) is 4.97. The molecule has 19 heavy (non-hydrogen) atoms. The second kappa shape index (κ2) is 6.17. The van der Waals surface area contributed by atoms with Gasteiger partial charge in [-0.3, -0.25) is 15.2 Å². The number of carbonyl (C=O) groups excluding carboxylic acids is 1. The summed E-state index contributed by atoms with van der Waals surface area (Å²) in [7, 11) is 0. The summed E-state index contributed by atoms with van der Waals surface area (Å²) in [6, 6.07) is 0. The average Bonchev–Trinajstić information content (AvgIpc) is 3.10. The van der Waals surface area contributed by atoms with E-state index < -0.39 is 0 Å². The van der Waals surface area contributed by atoms with E-state index in [1.165, 1.54) is 25.7 Å². The lowest BCUT2D eigenvalue weighted by atomic mass is 10.1. The zero-order valence-corrected chi connectivity index (χ0v) is 12.4. The fraction of sp³-hybridized carbons (Fsp3) is 0.750. The van der Waals surface area contributed by atoms with Gasteiger partial charge in [0.15, 0.2) is 0 Å². The van der Waals surface area contributed by atoms with Gasteiger partial charge in [-0.25, -0.2) is 0 Å². The molecule has 2 aliphatic rings. The lowest BCUT2D eigenvalue weighted by molar-refractivity contribution is -0.115. The molecule has 0 bridgehead atoms. The molecule has 2 N–H and O–H groups in total. The first-order valence-electron chi connectivity index (χ1n) is 6.75. The van der Waals surface area contributed by atoms with Crippen LogP contribution in [0.4, 0.5) is 5.95 Å². The Bertz CT molecular complexity index is 439. The Labute approximate surface area is 121 Å². The first-order valence-corrected chi connectivity index (χ1v) is 8.96. The molecule has 3 rings (SSSR count). The van der Waals surface area contributed by atoms with Crippen LogP contribution >= 0.6 is 23.5 Å². The van der Waals surface area contributed by atoms with Crippen LogP contribution in [0.1, 0.15) is 37.4 Å². The smallest absolute Gasteiger partial charge is 0.248 e. The highest BCUT2D eigenvalue weighted by atomic mass is 32.2. The number of nitrogens with one attached hydrogen (secondary N) is 2. The van der Waals surface area contributed by atoms with Gasteiger partial charge in [0, 0.05) is 23.2 Å². The topological polar surface area (TPSA) is 70.7 Å². The monoisotopic (exact) mass is 298 g/mol. The van der Waals surface area contributed by atoms with E-state index in [1.807, 2.05) is 11.8 Å². The van der Waals surface area contributed by atoms with Crippen LogP contribution < -0.4 is 5.32 Å². The molecule has 1 saturated heterocycles. The summed E-state index contributed by atoms with van der Waals surface area (Å²) in [5, 5.41) is 9.94. The van der Waals surface area contributed by atoms with Gasteiger partial charge in [0.1, 0.15) is 5.82 Å². The molecule has 2 fully saturated rings. The molecule has 1 amide bonds. The maximum Gasteiger partial charge on any atom is 0.248 e. The fourth-order valence-corrected chi connectivity index (χ4v) is 5.10. The molecule has 5 nitrogen and oxygen atoms in total. The van der Waals surface area contributed by atoms with Crippen LogP contribution in [0.25, 0.3) is 0 Å². The van der Waals surface area contributed by atoms with Gasteiger partial charge >= 0.3 is 0 Å². The van der Waals surface area contributed by atoms with E-state index in [4.69, 9.17) is 0 Å². The molecule has 1 unspecified atom stereocenters. The highest BCUT2D eigenvalue weighted by Crippen LogP contribution is 2.32. The van der Waals surface area contributed by atoms with Gasteiger partial charge in [-0.15, -0.1) is 16.9 Å². The van der Waals surface area contributed by atoms with Gasteiger partial charge < -0.3 is 0 Å². The maximum atomic E-state index is 12.1. The average molecular weight is 298 g/mol. The van der Waals surface area contributed by atoms with Gasteiger partial charge in [-0.05, 0) is 12.8 Å². The molecule has 104 valence electrons. The molecule has 1 aromatic rings. The van der Waals surface area contributed by atoms with Crippen LogP contribution in [0.2, 0.25) is 0 Å². The first kappa shape index (κ1) is 13.3. The number of thioether (sulfide) groups is 2. The van der Waals surface area contributed by atoms with Crippen molar-refractivity contribution in [3.63, 3.8) is 0 Å². The van der Waals surface area contributed by atoms with Crippen LogP contribution in [-0.2, 0) is 4.79 Å². The lowest BCUT2D eigenvalue weighted by Crippen LogP contribution is -2.30. The van der Waals surface area contributed by atoms with Crippen LogP contribution in [0, 0.1) is 0 Å². The number of hydrogen-bond donors (Lipinski definition) is 2. The molecule has 7 heteroatoms. The molecule has 2 heterocycles. The molecule has 1 aliphatic carbocycles. The third-order valence-electron chi connectivity index (χ3n) is 3.59. The van der Waals surface area contributed by atoms with Crippen molar-refractivity contribution in [2.24, 2.45) is 0 Å². The minimum atomic E-state index is 0.0344. The summed E-state index contributed by atoms with van der Waals surface area (Å²) >= 11 is 3.56. The van der Waals surface area contributed by atoms with Gasteiger partial charge in [0.25, 0.3) is 0 Å². The number of hydrogen-bond acceptors (Lipinski definition) is 5. The van der Waals surface area contributed by atoms with Crippen molar-refractivity contribution in [1.82, 2.24) is 15.2 Å². The van der Waals surface area contributed by atoms with E-state index in [1.54, 1.807) is 11.8 Å². The quantitative estimate of drug-likeness (QED) is 0.895. The summed E-state index contributed by atoms with van der Waals surface area (Å²) in [6.07, 6.45) is 4.89. The molecule has 0 spiro atoms. The zero-order valence-electron chi connectivity index (χ0n) is 10.7. The predicted octanol–water partition coefficient (Wildman–Crippen LogP) is 2.25. The Hall–Kier alpha value is -0.690. The van der Waals surface area contributed by atoms with E-state index in [9.17, 15) is 4.79 Å². The van der Waals surface area contributed by atoms with Crippen molar-refractivity contribution in [2.75, 3.05) is 22.6 Å². The SMILES string of the molecule is O=C(Nc1n[nH]c(C2CCCC2)n1)C1CSCCS1. The second-order valence-electron chi connectivity index (χ2n) is 4.95. The van der Waals surface area contributed by atoms with E-state index >= 15 is 0 Å². The van der Waals surface area contributed by atoms with Crippen molar-refractivity contribution in [3.05, 3.63) is 5.82 Å². The summed E-state index contributed by atoms with van der Waals surface area (Å²) in [5.41, 5.74) is 0. The molecule has 0 aromatic carbocycles. The van der Waals surface area contributed by atoms with Crippen LogP contribution in [0.15, 0.2) is 0 Å². The molecule has 1 aliphatic heterocycles. The Morgan fingerprint density at radius 1 is 1.32 bits per heavy atom. The highest BCUT2D eigenvalue weighted by Gasteiger charge is 2.24. The largest absolute Gasteiger partial charge is 0.292 e. The fourth-order valence-electron chi connectivity index (χ4n) is 2.54. The number of nitrogens with zero attached hydrogens (tertiary/aromatic N) is 2. The Morgan fingerprint density at radius 2 is 2.16 bits per heavy atom. The standard InChI is InChI=1S/C12H18N4OS2/c17-11(9-7-18-5-6-19-9)14-12-13-10(15-16-12)8-3-1-2-4-8/h8-9H,1-7H2,(H2,13,14,15,16,17). The summed E-state index contributed by atoms with van der Waals surface area (Å²) in [4.78, 5) is 16.5. The van der Waals surface area contributed by atoms with E-state index in [0.717, 1.165) is 23.1 Å². The van der Waals surface area contributed by atoms with Crippen molar-refractivity contribution in [2.45, 2.75) is 36.9 Å². The van der Waals surface area contributed by atoms with Crippen molar-refractivity contribution >= 4 is 35.4 Å². The Balaban J connectivity index is 1.58. The Kier molecular flexibility index (Phi) is 4.32. The van der Waals surface area contributed by atoms with Crippen molar-refractivity contribution in [3.8, 4) is 0 Å². The second-order valence-corrected chi connectivity index (χ2v) is 7.41. The number of H-pyrrole nitrogens is 1. The van der Waals surface area contributed by atoms with Crippen LogP contribution in [0.5, 0.6) is 0 Å². The number of amides is 1. The number of anilines is 1. The van der Waals surface area contributed by atoms with E-state index in [0.29, 0.717) is 11.9 Å². The molecular formula is C12H18N4OS2. The molecule has 1 atom stereocenters. The van der Waals surface area contributed by atoms with Gasteiger partial charge in [0.2, 0.25) is 11.9 Å². The normalized spacial score (nSPS) is 24.5. The number of aromatic amines is 1. The highest BCUT2D eigenvalue weighted by molar-refractivity contribution is 8.07. The number of carbonyl (C=O) groups is 1. The first-order chi connectivity index (χ1) is 9.33. The minimum Gasteiger partial charge on any atom is -0.292 e. The maximum absolute atomic E-state index is 12.1. The molecular weight excluding hydrogens is 280 g/mol. The van der Waals surface area contributed by atoms with Crippen molar-refractivity contribution < 1.29 is 4.79 Å². The third kappa shape index (κ3) is 3.25. The minimum absolute atomic E-state index is 0.0344. The zero-order chi connectivity index (χ0) is 13.1. The molecule has 1 aromatic heterocycles. The predicted molar refractivity (Wildman–Crippen MR) is 79.8 cm³/mol.